The molecule has 1 fully saturated rings. The van der Waals surface area contributed by atoms with Crippen molar-refractivity contribution in [3.05, 3.63) is 29.8 Å². The van der Waals surface area contributed by atoms with Gasteiger partial charge in [-0.3, -0.25) is 9.79 Å². The zero-order valence-electron chi connectivity index (χ0n) is 17.0. The van der Waals surface area contributed by atoms with E-state index < -0.39 is 0 Å². The topological polar surface area (TPSA) is 84.0 Å². The van der Waals surface area contributed by atoms with Gasteiger partial charge in [0.25, 0.3) is 5.91 Å². The minimum absolute atomic E-state index is 0. The van der Waals surface area contributed by atoms with Gasteiger partial charge in [0, 0.05) is 46.0 Å². The number of carbonyl (C=O) groups is 1. The number of nitrogens with one attached hydrogen (secondary N) is 3. The van der Waals surface area contributed by atoms with Crippen molar-refractivity contribution in [3.63, 3.8) is 0 Å². The maximum Gasteiger partial charge on any atom is 0.251 e. The Morgan fingerprint density at radius 1 is 1.11 bits per heavy atom. The Morgan fingerprint density at radius 2 is 1.79 bits per heavy atom. The molecule has 0 atom stereocenters. The summed E-state index contributed by atoms with van der Waals surface area (Å²) in [6.45, 7) is 2.81. The average molecular weight is 504 g/mol. The molecule has 0 spiro atoms. The molecule has 28 heavy (non-hydrogen) atoms. The number of rotatable bonds is 10. The third-order valence-electron chi connectivity index (χ3n) is 5.16. The Balaban J connectivity index is 0.00000392. The highest BCUT2D eigenvalue weighted by Crippen LogP contribution is 2.43. The number of ether oxygens (including phenoxy) is 2. The number of hydrogen-bond donors (Lipinski definition) is 3. The lowest BCUT2D eigenvalue weighted by atomic mass is 9.67. The molecule has 1 aliphatic carbocycles. The van der Waals surface area contributed by atoms with Crippen molar-refractivity contribution in [2.75, 3.05) is 47.5 Å². The lowest BCUT2D eigenvalue weighted by Crippen LogP contribution is -2.48. The van der Waals surface area contributed by atoms with Crippen LogP contribution in [0.3, 0.4) is 0 Å². The van der Waals surface area contributed by atoms with Crippen LogP contribution in [-0.4, -0.2) is 59.4 Å². The summed E-state index contributed by atoms with van der Waals surface area (Å²) in [5.74, 6) is 1.39. The largest absolute Gasteiger partial charge is 0.497 e. The number of methoxy groups -OCH3 is 2. The molecular weight excluding hydrogens is 471 g/mol. The predicted molar refractivity (Wildman–Crippen MR) is 123 cm³/mol. The lowest BCUT2D eigenvalue weighted by molar-refractivity contribution is 0.0732. The van der Waals surface area contributed by atoms with Crippen LogP contribution in [0.1, 0.15) is 36.0 Å². The average Bonchev–Trinajstić information content (AvgIpc) is 2.68. The first-order valence-electron chi connectivity index (χ1n) is 9.48. The number of hydrogen-bond acceptors (Lipinski definition) is 4. The minimum Gasteiger partial charge on any atom is -0.497 e. The number of carbonyl (C=O) groups excluding carboxylic acids is 1. The van der Waals surface area contributed by atoms with Crippen LogP contribution in [0.5, 0.6) is 5.75 Å². The van der Waals surface area contributed by atoms with E-state index in [-0.39, 0.29) is 29.9 Å². The molecule has 1 aromatic rings. The number of halogens is 1. The van der Waals surface area contributed by atoms with Crippen LogP contribution in [-0.2, 0) is 4.74 Å². The molecule has 2 rings (SSSR count). The smallest absolute Gasteiger partial charge is 0.251 e. The van der Waals surface area contributed by atoms with Crippen LogP contribution >= 0.6 is 24.0 Å². The number of aliphatic imine (C=N–C) groups is 1. The summed E-state index contributed by atoms with van der Waals surface area (Å²) in [6.07, 6.45) is 4.83. The first kappa shape index (κ1) is 24.5. The van der Waals surface area contributed by atoms with Crippen molar-refractivity contribution in [1.29, 1.82) is 0 Å². The molecule has 7 nitrogen and oxygen atoms in total. The molecular formula is C20H33IN4O3. The molecule has 3 N–H and O–H groups in total. The van der Waals surface area contributed by atoms with Gasteiger partial charge < -0.3 is 25.4 Å². The first-order chi connectivity index (χ1) is 13.1. The van der Waals surface area contributed by atoms with Gasteiger partial charge in [0.1, 0.15) is 5.75 Å². The molecule has 0 heterocycles. The molecule has 0 unspecified atom stereocenters. The van der Waals surface area contributed by atoms with Gasteiger partial charge in [0.15, 0.2) is 5.96 Å². The standard InChI is InChI=1S/C20H32N4O3.HI/c1-21-19(24-15-20(9-4-10-20)11-14-26-2)23-13-12-22-18(25)16-5-7-17(27-3)8-6-16;/h5-8H,4,9-15H2,1-3H3,(H,22,25)(H2,21,23,24);1H. The van der Waals surface area contributed by atoms with E-state index >= 15 is 0 Å². The summed E-state index contributed by atoms with van der Waals surface area (Å²) in [6, 6.07) is 7.05. The molecule has 0 aliphatic heterocycles. The Kier molecular flexibility index (Phi) is 11.2. The van der Waals surface area contributed by atoms with Gasteiger partial charge in [-0.25, -0.2) is 0 Å². The highest BCUT2D eigenvalue weighted by atomic mass is 127. The minimum atomic E-state index is -0.101. The van der Waals surface area contributed by atoms with E-state index in [2.05, 4.69) is 20.9 Å². The van der Waals surface area contributed by atoms with Gasteiger partial charge in [-0.15, -0.1) is 24.0 Å². The zero-order chi connectivity index (χ0) is 19.5. The second-order valence-corrected chi connectivity index (χ2v) is 6.93. The summed E-state index contributed by atoms with van der Waals surface area (Å²) in [5.41, 5.74) is 0.944. The van der Waals surface area contributed by atoms with E-state index in [1.165, 1.54) is 19.3 Å². The van der Waals surface area contributed by atoms with Crippen LogP contribution < -0.4 is 20.7 Å². The Hall–Kier alpha value is -1.55. The first-order valence-corrected chi connectivity index (χ1v) is 9.48. The zero-order valence-corrected chi connectivity index (χ0v) is 19.4. The maximum absolute atomic E-state index is 12.1. The fraction of sp³-hybridized carbons (Fsp3) is 0.600. The van der Waals surface area contributed by atoms with Crippen molar-refractivity contribution in [3.8, 4) is 5.75 Å². The van der Waals surface area contributed by atoms with E-state index in [0.717, 1.165) is 31.3 Å². The fourth-order valence-corrected chi connectivity index (χ4v) is 3.20. The highest BCUT2D eigenvalue weighted by Gasteiger charge is 2.36. The fourth-order valence-electron chi connectivity index (χ4n) is 3.20. The van der Waals surface area contributed by atoms with E-state index in [1.54, 1.807) is 45.5 Å². The molecule has 158 valence electrons. The molecule has 0 saturated heterocycles. The van der Waals surface area contributed by atoms with Gasteiger partial charge in [-0.1, -0.05) is 6.42 Å². The van der Waals surface area contributed by atoms with Gasteiger partial charge in [-0.05, 0) is 48.9 Å². The van der Waals surface area contributed by atoms with Gasteiger partial charge in [0.2, 0.25) is 0 Å². The number of benzene rings is 1. The molecule has 1 aliphatic rings. The summed E-state index contributed by atoms with van der Waals surface area (Å²) in [7, 11) is 5.11. The van der Waals surface area contributed by atoms with Crippen molar-refractivity contribution in [1.82, 2.24) is 16.0 Å². The van der Waals surface area contributed by atoms with E-state index in [1.807, 2.05) is 0 Å². The number of nitrogens with zero attached hydrogens (tertiary/aromatic N) is 1. The number of guanidine groups is 1. The second kappa shape index (κ2) is 12.8. The summed E-state index contributed by atoms with van der Waals surface area (Å²) in [5, 5.41) is 9.55. The van der Waals surface area contributed by atoms with E-state index in [9.17, 15) is 4.79 Å². The molecule has 1 amide bonds. The van der Waals surface area contributed by atoms with Crippen LogP contribution in [0.2, 0.25) is 0 Å². The monoisotopic (exact) mass is 504 g/mol. The molecule has 0 radical (unpaired) electrons. The maximum atomic E-state index is 12.1. The number of amides is 1. The molecule has 1 saturated carbocycles. The molecule has 0 bridgehead atoms. The Labute approximate surface area is 185 Å². The quantitative estimate of drug-likeness (QED) is 0.197. The third-order valence-corrected chi connectivity index (χ3v) is 5.16. The molecule has 8 heteroatoms. The van der Waals surface area contributed by atoms with Gasteiger partial charge in [0.05, 0.1) is 7.11 Å². The van der Waals surface area contributed by atoms with Crippen molar-refractivity contribution in [2.45, 2.75) is 25.7 Å². The Bertz CT molecular complexity index is 618. The predicted octanol–water partition coefficient (Wildman–Crippen LogP) is 2.41. The van der Waals surface area contributed by atoms with Crippen LogP contribution in [0.25, 0.3) is 0 Å². The summed E-state index contributed by atoms with van der Waals surface area (Å²) in [4.78, 5) is 16.4. The summed E-state index contributed by atoms with van der Waals surface area (Å²) < 4.78 is 10.3. The summed E-state index contributed by atoms with van der Waals surface area (Å²) >= 11 is 0. The molecule has 1 aromatic carbocycles. The van der Waals surface area contributed by atoms with Crippen molar-refractivity contribution < 1.29 is 14.3 Å². The van der Waals surface area contributed by atoms with Gasteiger partial charge in [-0.2, -0.15) is 0 Å². The van der Waals surface area contributed by atoms with Crippen molar-refractivity contribution >= 4 is 35.8 Å². The van der Waals surface area contributed by atoms with Crippen LogP contribution in [0, 0.1) is 5.41 Å². The second-order valence-electron chi connectivity index (χ2n) is 6.93. The van der Waals surface area contributed by atoms with Crippen LogP contribution in [0.4, 0.5) is 0 Å². The molecule has 0 aromatic heterocycles. The normalized spacial score (nSPS) is 15.0. The highest BCUT2D eigenvalue weighted by molar-refractivity contribution is 14.0. The van der Waals surface area contributed by atoms with Crippen molar-refractivity contribution in [2.24, 2.45) is 10.4 Å². The van der Waals surface area contributed by atoms with Crippen LogP contribution in [0.15, 0.2) is 29.3 Å². The Morgan fingerprint density at radius 3 is 2.32 bits per heavy atom. The van der Waals surface area contributed by atoms with E-state index in [4.69, 9.17) is 9.47 Å². The third kappa shape index (κ3) is 7.46. The lowest BCUT2D eigenvalue weighted by Gasteiger charge is -2.42. The van der Waals surface area contributed by atoms with Gasteiger partial charge >= 0.3 is 0 Å². The SMILES string of the molecule is CN=C(NCCNC(=O)c1ccc(OC)cc1)NCC1(CCOC)CCC1.I. The van der Waals surface area contributed by atoms with E-state index in [0.29, 0.717) is 24.1 Å².